The molecule has 1 aromatic carbocycles. The van der Waals surface area contributed by atoms with Crippen LogP contribution in [-0.4, -0.2) is 40.1 Å². The number of anilines is 1. The number of rotatable bonds is 4. The number of ether oxygens (including phenoxy) is 1. The molecule has 1 atom stereocenters. The number of benzene rings is 1. The van der Waals surface area contributed by atoms with E-state index in [1.54, 1.807) is 11.1 Å². The number of aromatic nitrogens is 1. The summed E-state index contributed by atoms with van der Waals surface area (Å²) in [5.74, 6) is 0.643. The average molecular weight is 422 g/mol. The summed E-state index contributed by atoms with van der Waals surface area (Å²) in [6, 6.07) is 13.2. The van der Waals surface area contributed by atoms with Gasteiger partial charge in [-0.15, -0.1) is 0 Å². The van der Waals surface area contributed by atoms with Crippen LogP contribution >= 0.6 is 0 Å². The van der Waals surface area contributed by atoms with Crippen LogP contribution in [0.2, 0.25) is 0 Å². The second-order valence-corrected chi connectivity index (χ2v) is 9.37. The summed E-state index contributed by atoms with van der Waals surface area (Å²) in [6.45, 7) is 6.32. The third kappa shape index (κ3) is 4.58. The monoisotopic (exact) mass is 421 g/mol. The highest BCUT2D eigenvalue weighted by molar-refractivity contribution is 5.95. The molecule has 2 heterocycles. The number of pyridine rings is 1. The van der Waals surface area contributed by atoms with Gasteiger partial charge in [0.05, 0.1) is 6.04 Å². The van der Waals surface area contributed by atoms with Crippen LogP contribution in [0.1, 0.15) is 74.8 Å². The maximum Gasteiger partial charge on any atom is 0.416 e. The lowest BCUT2D eigenvalue weighted by atomic mass is 9.91. The molecular formula is C25H31N3O3. The molecule has 31 heavy (non-hydrogen) atoms. The molecule has 1 aliphatic carbocycles. The number of hydrogen-bond donors (Lipinski definition) is 0. The van der Waals surface area contributed by atoms with Gasteiger partial charge in [0.15, 0.2) is 0 Å². The van der Waals surface area contributed by atoms with Gasteiger partial charge in [0.1, 0.15) is 11.4 Å². The molecule has 0 radical (unpaired) electrons. The quantitative estimate of drug-likeness (QED) is 0.667. The van der Waals surface area contributed by atoms with Gasteiger partial charge in [-0.3, -0.25) is 9.69 Å². The summed E-state index contributed by atoms with van der Waals surface area (Å²) in [5.41, 5.74) is 1.02. The van der Waals surface area contributed by atoms with Crippen molar-refractivity contribution in [3.05, 3.63) is 59.8 Å². The highest BCUT2D eigenvalue weighted by Crippen LogP contribution is 2.40. The molecule has 4 rings (SSSR count). The fraction of sp³-hybridized carbons (Fsp3) is 0.480. The zero-order valence-corrected chi connectivity index (χ0v) is 18.6. The molecule has 2 aliphatic rings. The molecule has 1 aromatic heterocycles. The van der Waals surface area contributed by atoms with Crippen LogP contribution in [0.5, 0.6) is 0 Å². The van der Waals surface area contributed by atoms with Gasteiger partial charge in [-0.2, -0.15) is 0 Å². The standard InChI is InChI=1S/C25H31N3O3/c1-25(2,3)31-24(30)28(19-12-7-13-19)22-20(14-8-16-26-22)21-15-9-17-27(21)23(29)18-10-5-4-6-11-18/h4-6,8,10-11,14,16,19,21H,7,9,12-13,15,17H2,1-3H3/t21-/m0/s1. The molecule has 0 unspecified atom stereocenters. The summed E-state index contributed by atoms with van der Waals surface area (Å²) in [4.78, 5) is 34.7. The van der Waals surface area contributed by atoms with E-state index in [1.165, 1.54) is 0 Å². The first-order valence-corrected chi connectivity index (χ1v) is 11.2. The van der Waals surface area contributed by atoms with Crippen LogP contribution in [0.15, 0.2) is 48.7 Å². The van der Waals surface area contributed by atoms with Crippen molar-refractivity contribution >= 4 is 17.8 Å². The molecule has 0 spiro atoms. The summed E-state index contributed by atoms with van der Waals surface area (Å²) >= 11 is 0. The third-order valence-electron chi connectivity index (χ3n) is 5.97. The van der Waals surface area contributed by atoms with Gasteiger partial charge in [-0.25, -0.2) is 9.78 Å². The Morgan fingerprint density at radius 2 is 1.77 bits per heavy atom. The Labute approximate surface area is 184 Å². The van der Waals surface area contributed by atoms with E-state index < -0.39 is 5.60 Å². The molecule has 1 aliphatic heterocycles. The maximum atomic E-state index is 13.2. The molecule has 6 heteroatoms. The molecule has 6 nitrogen and oxygen atoms in total. The third-order valence-corrected chi connectivity index (χ3v) is 5.97. The van der Waals surface area contributed by atoms with Gasteiger partial charge in [0, 0.05) is 29.9 Å². The number of likely N-dealkylation sites (tertiary alicyclic amines) is 1. The normalized spacial score (nSPS) is 19.1. The first-order valence-electron chi connectivity index (χ1n) is 11.2. The fourth-order valence-electron chi connectivity index (χ4n) is 4.31. The first-order chi connectivity index (χ1) is 14.8. The van der Waals surface area contributed by atoms with Gasteiger partial charge in [-0.1, -0.05) is 24.3 Å². The largest absolute Gasteiger partial charge is 0.443 e. The van der Waals surface area contributed by atoms with E-state index >= 15 is 0 Å². The zero-order valence-electron chi connectivity index (χ0n) is 18.6. The Morgan fingerprint density at radius 1 is 1.03 bits per heavy atom. The van der Waals surface area contributed by atoms with Gasteiger partial charge in [-0.05, 0) is 71.1 Å². The smallest absolute Gasteiger partial charge is 0.416 e. The van der Waals surface area contributed by atoms with Gasteiger partial charge in [0.25, 0.3) is 5.91 Å². The predicted octanol–water partition coefficient (Wildman–Crippen LogP) is 5.35. The van der Waals surface area contributed by atoms with E-state index in [-0.39, 0.29) is 24.1 Å². The van der Waals surface area contributed by atoms with Crippen LogP contribution in [0.4, 0.5) is 10.6 Å². The van der Waals surface area contributed by atoms with Crippen LogP contribution in [0.3, 0.4) is 0 Å². The first kappa shape index (κ1) is 21.3. The fourth-order valence-corrected chi connectivity index (χ4v) is 4.31. The Morgan fingerprint density at radius 3 is 2.42 bits per heavy atom. The van der Waals surface area contributed by atoms with Crippen molar-refractivity contribution in [2.24, 2.45) is 0 Å². The van der Waals surface area contributed by atoms with E-state index in [0.29, 0.717) is 17.9 Å². The van der Waals surface area contributed by atoms with Gasteiger partial charge >= 0.3 is 6.09 Å². The van der Waals surface area contributed by atoms with Crippen molar-refractivity contribution in [2.75, 3.05) is 11.4 Å². The van der Waals surface area contributed by atoms with Crippen molar-refractivity contribution in [2.45, 2.75) is 70.6 Å². The van der Waals surface area contributed by atoms with Crippen LogP contribution in [0.25, 0.3) is 0 Å². The van der Waals surface area contributed by atoms with Gasteiger partial charge < -0.3 is 9.64 Å². The van der Waals surface area contributed by atoms with Crippen molar-refractivity contribution in [1.29, 1.82) is 0 Å². The topological polar surface area (TPSA) is 62.7 Å². The molecular weight excluding hydrogens is 390 g/mol. The van der Waals surface area contributed by atoms with Crippen LogP contribution in [0, 0.1) is 0 Å². The minimum Gasteiger partial charge on any atom is -0.443 e. The zero-order chi connectivity index (χ0) is 22.0. The summed E-state index contributed by atoms with van der Waals surface area (Å²) in [7, 11) is 0. The lowest BCUT2D eigenvalue weighted by molar-refractivity contribution is 0.0547. The summed E-state index contributed by atoms with van der Waals surface area (Å²) in [5, 5.41) is 0. The summed E-state index contributed by atoms with van der Waals surface area (Å²) < 4.78 is 5.74. The Kier molecular flexibility index (Phi) is 5.99. The van der Waals surface area contributed by atoms with E-state index in [1.807, 2.05) is 68.1 Å². The van der Waals surface area contributed by atoms with E-state index in [2.05, 4.69) is 4.98 Å². The molecule has 164 valence electrons. The van der Waals surface area contributed by atoms with Crippen LogP contribution < -0.4 is 4.90 Å². The van der Waals surface area contributed by atoms with Crippen molar-refractivity contribution < 1.29 is 14.3 Å². The lowest BCUT2D eigenvalue weighted by Crippen LogP contribution is -2.48. The molecule has 2 aromatic rings. The molecule has 0 bridgehead atoms. The average Bonchev–Trinajstić information content (AvgIpc) is 3.19. The second-order valence-electron chi connectivity index (χ2n) is 9.37. The van der Waals surface area contributed by atoms with E-state index in [9.17, 15) is 9.59 Å². The molecule has 0 N–H and O–H groups in total. The van der Waals surface area contributed by atoms with Crippen LogP contribution in [-0.2, 0) is 4.74 Å². The van der Waals surface area contributed by atoms with E-state index in [0.717, 1.165) is 37.7 Å². The number of carbonyl (C=O) groups is 2. The number of amides is 2. The summed E-state index contributed by atoms with van der Waals surface area (Å²) in [6.07, 6.45) is 6.09. The molecule has 1 saturated carbocycles. The highest BCUT2D eigenvalue weighted by Gasteiger charge is 2.39. The van der Waals surface area contributed by atoms with Crippen molar-refractivity contribution in [3.8, 4) is 0 Å². The van der Waals surface area contributed by atoms with Gasteiger partial charge in [0.2, 0.25) is 0 Å². The Hall–Kier alpha value is -2.89. The predicted molar refractivity (Wildman–Crippen MR) is 120 cm³/mol. The lowest BCUT2D eigenvalue weighted by Gasteiger charge is -2.39. The minimum atomic E-state index is -0.587. The second kappa shape index (κ2) is 8.69. The molecule has 2 fully saturated rings. The number of carbonyl (C=O) groups excluding carboxylic acids is 2. The molecule has 2 amide bonds. The molecule has 1 saturated heterocycles. The SMILES string of the molecule is CC(C)(C)OC(=O)N(c1ncccc1[C@@H]1CCCN1C(=O)c1ccccc1)C1CCC1. The van der Waals surface area contributed by atoms with Crippen molar-refractivity contribution in [3.63, 3.8) is 0 Å². The number of nitrogens with zero attached hydrogens (tertiary/aromatic N) is 3. The maximum absolute atomic E-state index is 13.2. The Balaban J connectivity index is 1.68. The van der Waals surface area contributed by atoms with Crippen molar-refractivity contribution in [1.82, 2.24) is 9.88 Å². The highest BCUT2D eigenvalue weighted by atomic mass is 16.6. The minimum absolute atomic E-state index is 0.0189. The number of hydrogen-bond acceptors (Lipinski definition) is 4. The Bertz CT molecular complexity index is 935. The van der Waals surface area contributed by atoms with E-state index in [4.69, 9.17) is 4.74 Å².